The summed E-state index contributed by atoms with van der Waals surface area (Å²) in [6, 6.07) is 1.86. The first-order valence-electron chi connectivity index (χ1n) is 6.04. The first kappa shape index (κ1) is 14.4. The fraction of sp³-hybridized carbons (Fsp3) is 0.615. The minimum Gasteiger partial charge on any atom is -0.369 e. The molecular formula is C13H22N4O. The lowest BCUT2D eigenvalue weighted by Gasteiger charge is -2.20. The van der Waals surface area contributed by atoms with Gasteiger partial charge in [-0.25, -0.2) is 9.97 Å². The smallest absolute Gasteiger partial charge is 0.149 e. The van der Waals surface area contributed by atoms with E-state index in [-0.39, 0.29) is 11.2 Å². The van der Waals surface area contributed by atoms with Crippen molar-refractivity contribution in [3.8, 4) is 0 Å². The van der Waals surface area contributed by atoms with Crippen molar-refractivity contribution in [2.24, 2.45) is 5.41 Å². The number of anilines is 2. The van der Waals surface area contributed by atoms with Crippen LogP contribution in [0.25, 0.3) is 0 Å². The molecule has 100 valence electrons. The number of nitrogens with one attached hydrogen (secondary N) is 1. The van der Waals surface area contributed by atoms with E-state index in [0.29, 0.717) is 6.54 Å². The van der Waals surface area contributed by atoms with Gasteiger partial charge in [-0.15, -0.1) is 0 Å². The van der Waals surface area contributed by atoms with Crippen molar-refractivity contribution in [3.63, 3.8) is 0 Å². The molecule has 0 radical (unpaired) electrons. The number of nitrogens with zero attached hydrogens (tertiary/aromatic N) is 3. The van der Waals surface area contributed by atoms with Gasteiger partial charge in [-0.2, -0.15) is 0 Å². The first-order chi connectivity index (χ1) is 8.28. The lowest BCUT2D eigenvalue weighted by Crippen LogP contribution is -2.25. The Labute approximate surface area is 109 Å². The van der Waals surface area contributed by atoms with E-state index in [0.717, 1.165) is 18.2 Å². The van der Waals surface area contributed by atoms with Crippen LogP contribution in [0, 0.1) is 5.41 Å². The Morgan fingerprint density at radius 1 is 1.39 bits per heavy atom. The molecule has 5 heteroatoms. The molecule has 0 unspecified atom stereocenters. The summed E-state index contributed by atoms with van der Waals surface area (Å²) in [5.74, 6) is 1.64. The van der Waals surface area contributed by atoms with Gasteiger partial charge in [0.15, 0.2) is 0 Å². The van der Waals surface area contributed by atoms with Crippen LogP contribution in [-0.2, 0) is 4.79 Å². The standard InChI is InChI=1S/C13H22N4O/c1-10(18)7-17(5)12-6-11(15-9-16-12)14-8-13(2,3)4/h6,9H,7-8H2,1-5H3,(H,14,15,16). The van der Waals surface area contributed by atoms with Crippen molar-refractivity contribution in [1.29, 1.82) is 0 Å². The van der Waals surface area contributed by atoms with Crippen molar-refractivity contribution in [2.75, 3.05) is 30.4 Å². The van der Waals surface area contributed by atoms with E-state index < -0.39 is 0 Å². The van der Waals surface area contributed by atoms with Gasteiger partial charge in [-0.3, -0.25) is 4.79 Å². The number of hydrogen-bond acceptors (Lipinski definition) is 5. The minimum atomic E-state index is 0.111. The second-order valence-electron chi connectivity index (χ2n) is 5.73. The second-order valence-corrected chi connectivity index (χ2v) is 5.73. The topological polar surface area (TPSA) is 58.1 Å². The monoisotopic (exact) mass is 250 g/mol. The number of aromatic nitrogens is 2. The lowest BCUT2D eigenvalue weighted by atomic mass is 9.97. The quantitative estimate of drug-likeness (QED) is 0.865. The van der Waals surface area contributed by atoms with Gasteiger partial charge in [0.1, 0.15) is 23.7 Å². The fourth-order valence-corrected chi connectivity index (χ4v) is 1.42. The van der Waals surface area contributed by atoms with Crippen molar-refractivity contribution < 1.29 is 4.79 Å². The highest BCUT2D eigenvalue weighted by molar-refractivity contribution is 5.80. The summed E-state index contributed by atoms with van der Waals surface area (Å²) >= 11 is 0. The van der Waals surface area contributed by atoms with Gasteiger partial charge in [0.25, 0.3) is 0 Å². The Morgan fingerprint density at radius 3 is 2.61 bits per heavy atom. The molecule has 0 fully saturated rings. The highest BCUT2D eigenvalue weighted by atomic mass is 16.1. The predicted molar refractivity (Wildman–Crippen MR) is 73.9 cm³/mol. The number of ketones is 1. The van der Waals surface area contributed by atoms with E-state index in [1.807, 2.05) is 18.0 Å². The third-order valence-corrected chi connectivity index (χ3v) is 2.30. The zero-order valence-electron chi connectivity index (χ0n) is 11.8. The van der Waals surface area contributed by atoms with E-state index in [4.69, 9.17) is 0 Å². The summed E-state index contributed by atoms with van der Waals surface area (Å²) in [5.41, 5.74) is 0.191. The van der Waals surface area contributed by atoms with Crippen LogP contribution < -0.4 is 10.2 Å². The normalized spacial score (nSPS) is 11.2. The molecule has 1 heterocycles. The Balaban J connectivity index is 2.70. The predicted octanol–water partition coefficient (Wildman–Crippen LogP) is 1.96. The molecule has 18 heavy (non-hydrogen) atoms. The Kier molecular flexibility index (Phi) is 4.64. The summed E-state index contributed by atoms with van der Waals surface area (Å²) in [4.78, 5) is 21.2. The van der Waals surface area contributed by atoms with Crippen molar-refractivity contribution >= 4 is 17.4 Å². The maximum atomic E-state index is 11.1. The van der Waals surface area contributed by atoms with Crippen LogP contribution >= 0.6 is 0 Å². The molecule has 1 aromatic rings. The number of likely N-dealkylation sites (N-methyl/N-ethyl adjacent to an activating group) is 1. The number of carbonyl (C=O) groups excluding carboxylic acids is 1. The Hall–Kier alpha value is -1.65. The van der Waals surface area contributed by atoms with Gasteiger partial charge >= 0.3 is 0 Å². The van der Waals surface area contributed by atoms with E-state index in [1.54, 1.807) is 6.92 Å². The molecule has 5 nitrogen and oxygen atoms in total. The van der Waals surface area contributed by atoms with Gasteiger partial charge in [-0.1, -0.05) is 20.8 Å². The first-order valence-corrected chi connectivity index (χ1v) is 6.04. The average Bonchev–Trinajstić information content (AvgIpc) is 2.25. The second kappa shape index (κ2) is 5.80. The van der Waals surface area contributed by atoms with Gasteiger partial charge in [0, 0.05) is 19.7 Å². The third-order valence-electron chi connectivity index (χ3n) is 2.30. The zero-order valence-corrected chi connectivity index (χ0v) is 11.8. The van der Waals surface area contributed by atoms with Crippen LogP contribution in [0.5, 0.6) is 0 Å². The van der Waals surface area contributed by atoms with E-state index in [1.165, 1.54) is 6.33 Å². The number of rotatable bonds is 5. The summed E-state index contributed by atoms with van der Waals surface area (Å²) in [7, 11) is 1.84. The molecule has 0 saturated carbocycles. The molecule has 0 aliphatic carbocycles. The molecule has 0 saturated heterocycles. The molecule has 0 aromatic carbocycles. The molecule has 1 N–H and O–H groups in total. The summed E-state index contributed by atoms with van der Waals surface area (Å²) in [6.45, 7) is 9.23. The fourth-order valence-electron chi connectivity index (χ4n) is 1.42. The minimum absolute atomic E-state index is 0.111. The van der Waals surface area contributed by atoms with Gasteiger partial charge in [0.05, 0.1) is 6.54 Å². The molecule has 0 spiro atoms. The van der Waals surface area contributed by atoms with Crippen LogP contribution in [0.1, 0.15) is 27.7 Å². The zero-order chi connectivity index (χ0) is 13.8. The molecule has 0 aliphatic rings. The SMILES string of the molecule is CC(=O)CN(C)c1cc(NCC(C)(C)C)ncn1. The summed E-state index contributed by atoms with van der Waals surface area (Å²) in [6.07, 6.45) is 1.51. The maximum Gasteiger partial charge on any atom is 0.149 e. The van der Waals surface area contributed by atoms with Gasteiger partial charge < -0.3 is 10.2 Å². The van der Waals surface area contributed by atoms with Crippen LogP contribution in [0.15, 0.2) is 12.4 Å². The lowest BCUT2D eigenvalue weighted by molar-refractivity contribution is -0.115. The number of Topliss-reactive ketones (excluding diaryl/α,β-unsaturated/α-hetero) is 1. The van der Waals surface area contributed by atoms with Crippen molar-refractivity contribution in [3.05, 3.63) is 12.4 Å². The third kappa shape index (κ3) is 5.12. The summed E-state index contributed by atoms with van der Waals surface area (Å²) in [5, 5.41) is 3.27. The average molecular weight is 250 g/mol. The van der Waals surface area contributed by atoms with Crippen LogP contribution in [-0.4, -0.2) is 35.9 Å². The van der Waals surface area contributed by atoms with Crippen LogP contribution in [0.2, 0.25) is 0 Å². The highest BCUT2D eigenvalue weighted by Crippen LogP contribution is 2.16. The maximum absolute atomic E-state index is 11.1. The number of carbonyl (C=O) groups is 1. The van der Waals surface area contributed by atoms with E-state index in [9.17, 15) is 4.79 Å². The largest absolute Gasteiger partial charge is 0.369 e. The van der Waals surface area contributed by atoms with Gasteiger partial charge in [0.2, 0.25) is 0 Å². The summed E-state index contributed by atoms with van der Waals surface area (Å²) < 4.78 is 0. The molecular weight excluding hydrogens is 228 g/mol. The molecule has 1 rings (SSSR count). The Morgan fingerprint density at radius 2 is 2.06 bits per heavy atom. The van der Waals surface area contributed by atoms with Crippen molar-refractivity contribution in [2.45, 2.75) is 27.7 Å². The van der Waals surface area contributed by atoms with Gasteiger partial charge in [-0.05, 0) is 12.3 Å². The molecule has 0 amide bonds. The van der Waals surface area contributed by atoms with Crippen LogP contribution in [0.3, 0.4) is 0 Å². The molecule has 1 aromatic heterocycles. The highest BCUT2D eigenvalue weighted by Gasteiger charge is 2.11. The molecule has 0 atom stereocenters. The van der Waals surface area contributed by atoms with E-state index >= 15 is 0 Å². The van der Waals surface area contributed by atoms with E-state index in [2.05, 4.69) is 36.1 Å². The van der Waals surface area contributed by atoms with Crippen molar-refractivity contribution in [1.82, 2.24) is 9.97 Å². The Bertz CT molecular complexity index is 412. The van der Waals surface area contributed by atoms with Crippen LogP contribution in [0.4, 0.5) is 11.6 Å². The molecule has 0 bridgehead atoms. The number of hydrogen-bond donors (Lipinski definition) is 1. The molecule has 0 aliphatic heterocycles.